The smallest absolute Gasteiger partial charge is 0.321 e. The van der Waals surface area contributed by atoms with E-state index in [-0.39, 0.29) is 24.9 Å². The molecule has 0 fully saturated rings. The third-order valence-corrected chi connectivity index (χ3v) is 4.77. The number of hydrogen-bond acceptors (Lipinski definition) is 4. The van der Waals surface area contributed by atoms with E-state index in [1.807, 2.05) is 13.8 Å². The van der Waals surface area contributed by atoms with E-state index < -0.39 is 15.4 Å². The van der Waals surface area contributed by atoms with Crippen LogP contribution in [0.25, 0.3) is 0 Å². The zero-order valence-electron chi connectivity index (χ0n) is 16.1. The highest BCUT2D eigenvalue weighted by atomic mass is 32.2. The van der Waals surface area contributed by atoms with Crippen LogP contribution in [0.5, 0.6) is 0 Å². The van der Waals surface area contributed by atoms with Crippen LogP contribution in [0.4, 0.5) is 10.5 Å². The van der Waals surface area contributed by atoms with E-state index in [9.17, 15) is 18.0 Å². The van der Waals surface area contributed by atoms with Gasteiger partial charge in [-0.25, -0.2) is 17.9 Å². The maximum atomic E-state index is 12.5. The van der Waals surface area contributed by atoms with Crippen LogP contribution in [0.15, 0.2) is 24.3 Å². The standard InChI is InChI=1S/C18H29N3O4S/c1-6-11-18(2,3)16(22)14-7-9-15(10-8-14)20-17(23)21(4)13-12-19-26(5,24)25/h7-10,19H,6,11-13H2,1-5H3,(H,20,23). The van der Waals surface area contributed by atoms with Crippen LogP contribution in [-0.4, -0.2) is 51.5 Å². The number of sulfonamides is 1. The molecule has 2 amide bonds. The summed E-state index contributed by atoms with van der Waals surface area (Å²) in [4.78, 5) is 26.0. The summed E-state index contributed by atoms with van der Waals surface area (Å²) in [6, 6.07) is 6.44. The number of likely N-dealkylation sites (N-methyl/N-ethyl adjacent to an activating group) is 1. The monoisotopic (exact) mass is 383 g/mol. The number of carbonyl (C=O) groups is 2. The summed E-state index contributed by atoms with van der Waals surface area (Å²) in [7, 11) is -1.70. The summed E-state index contributed by atoms with van der Waals surface area (Å²) in [5.41, 5.74) is 0.779. The normalized spacial score (nSPS) is 11.9. The zero-order chi connectivity index (χ0) is 20.0. The van der Waals surface area contributed by atoms with E-state index in [1.165, 1.54) is 4.90 Å². The SMILES string of the molecule is CCCC(C)(C)C(=O)c1ccc(NC(=O)N(C)CCNS(C)(=O)=O)cc1. The van der Waals surface area contributed by atoms with Gasteiger partial charge >= 0.3 is 6.03 Å². The van der Waals surface area contributed by atoms with Crippen LogP contribution >= 0.6 is 0 Å². The fraction of sp³-hybridized carbons (Fsp3) is 0.556. The van der Waals surface area contributed by atoms with Crippen molar-refractivity contribution in [3.8, 4) is 0 Å². The Labute approximate surface area is 156 Å². The Morgan fingerprint density at radius 1 is 1.15 bits per heavy atom. The average Bonchev–Trinajstić information content (AvgIpc) is 2.53. The number of anilines is 1. The van der Waals surface area contributed by atoms with Crippen LogP contribution in [0.2, 0.25) is 0 Å². The van der Waals surface area contributed by atoms with Gasteiger partial charge in [-0.1, -0.05) is 27.2 Å². The van der Waals surface area contributed by atoms with E-state index in [0.29, 0.717) is 11.3 Å². The predicted octanol–water partition coefficient (Wildman–Crippen LogP) is 2.71. The number of nitrogens with zero attached hydrogens (tertiary/aromatic N) is 1. The topological polar surface area (TPSA) is 95.6 Å². The number of urea groups is 1. The van der Waals surface area contributed by atoms with Gasteiger partial charge in [-0.3, -0.25) is 4.79 Å². The average molecular weight is 384 g/mol. The minimum atomic E-state index is -3.27. The molecule has 0 aliphatic carbocycles. The lowest BCUT2D eigenvalue weighted by Crippen LogP contribution is -2.38. The fourth-order valence-corrected chi connectivity index (χ4v) is 3.02. The molecule has 0 saturated carbocycles. The predicted molar refractivity (Wildman–Crippen MR) is 104 cm³/mol. The van der Waals surface area contributed by atoms with E-state index in [1.54, 1.807) is 31.3 Å². The van der Waals surface area contributed by atoms with Crippen molar-refractivity contribution in [3.05, 3.63) is 29.8 Å². The summed E-state index contributed by atoms with van der Waals surface area (Å²) in [6.45, 7) is 6.31. The Bertz CT molecular complexity index is 727. The number of rotatable bonds is 9. The first-order chi connectivity index (χ1) is 12.0. The molecule has 8 heteroatoms. The van der Waals surface area contributed by atoms with Crippen LogP contribution < -0.4 is 10.0 Å². The van der Waals surface area contributed by atoms with Gasteiger partial charge in [0.2, 0.25) is 10.0 Å². The Morgan fingerprint density at radius 2 is 1.73 bits per heavy atom. The molecule has 7 nitrogen and oxygen atoms in total. The van der Waals surface area contributed by atoms with E-state index in [4.69, 9.17) is 0 Å². The molecular formula is C18H29N3O4S. The van der Waals surface area contributed by atoms with Gasteiger partial charge in [0.05, 0.1) is 6.26 Å². The molecule has 0 spiro atoms. The quantitative estimate of drug-likeness (QED) is 0.641. The van der Waals surface area contributed by atoms with Crippen molar-refractivity contribution >= 4 is 27.5 Å². The third kappa shape index (κ3) is 7.13. The minimum Gasteiger partial charge on any atom is -0.326 e. The van der Waals surface area contributed by atoms with Gasteiger partial charge in [-0.15, -0.1) is 0 Å². The molecule has 0 heterocycles. The summed E-state index contributed by atoms with van der Waals surface area (Å²) in [5, 5.41) is 2.72. The molecule has 1 aromatic carbocycles. The summed E-state index contributed by atoms with van der Waals surface area (Å²) in [5.74, 6) is 0.0844. The van der Waals surface area contributed by atoms with E-state index in [2.05, 4.69) is 17.0 Å². The largest absolute Gasteiger partial charge is 0.326 e. The van der Waals surface area contributed by atoms with Gasteiger partial charge in [-0.2, -0.15) is 0 Å². The number of amides is 2. The molecule has 146 valence electrons. The number of nitrogens with one attached hydrogen (secondary N) is 2. The first kappa shape index (κ1) is 22.1. The fourth-order valence-electron chi connectivity index (χ4n) is 2.55. The van der Waals surface area contributed by atoms with Crippen LogP contribution in [0, 0.1) is 5.41 Å². The third-order valence-electron chi connectivity index (χ3n) is 4.05. The van der Waals surface area contributed by atoms with Gasteiger partial charge in [0, 0.05) is 36.8 Å². The van der Waals surface area contributed by atoms with Crippen molar-refractivity contribution in [2.75, 3.05) is 31.7 Å². The molecule has 0 saturated heterocycles. The molecule has 1 aromatic rings. The molecule has 0 unspecified atom stereocenters. The van der Waals surface area contributed by atoms with Gasteiger partial charge in [0.25, 0.3) is 0 Å². The van der Waals surface area contributed by atoms with Crippen molar-refractivity contribution in [1.29, 1.82) is 0 Å². The Kier molecular flexibility index (Phi) is 7.77. The molecule has 26 heavy (non-hydrogen) atoms. The van der Waals surface area contributed by atoms with E-state index in [0.717, 1.165) is 19.1 Å². The molecule has 0 bridgehead atoms. The summed E-state index contributed by atoms with van der Waals surface area (Å²) in [6.07, 6.45) is 2.82. The summed E-state index contributed by atoms with van der Waals surface area (Å²) >= 11 is 0. The van der Waals surface area contributed by atoms with Crippen molar-refractivity contribution in [1.82, 2.24) is 9.62 Å². The maximum Gasteiger partial charge on any atom is 0.321 e. The van der Waals surface area contributed by atoms with E-state index >= 15 is 0 Å². The highest BCUT2D eigenvalue weighted by Gasteiger charge is 2.27. The van der Waals surface area contributed by atoms with Crippen molar-refractivity contribution in [2.45, 2.75) is 33.6 Å². The molecule has 0 aromatic heterocycles. The highest BCUT2D eigenvalue weighted by molar-refractivity contribution is 7.88. The van der Waals surface area contributed by atoms with Crippen LogP contribution in [0.3, 0.4) is 0 Å². The molecule has 0 atom stereocenters. The first-order valence-corrected chi connectivity index (χ1v) is 10.5. The van der Waals surface area contributed by atoms with Gasteiger partial charge < -0.3 is 10.2 Å². The molecule has 0 aliphatic rings. The second-order valence-electron chi connectivity index (χ2n) is 7.06. The Balaban J connectivity index is 2.63. The molecule has 1 rings (SSSR count). The van der Waals surface area contributed by atoms with Gasteiger partial charge in [0.1, 0.15) is 0 Å². The lowest BCUT2D eigenvalue weighted by Gasteiger charge is -2.22. The highest BCUT2D eigenvalue weighted by Crippen LogP contribution is 2.27. The van der Waals surface area contributed by atoms with Crippen LogP contribution in [-0.2, 0) is 10.0 Å². The molecular weight excluding hydrogens is 354 g/mol. The summed E-state index contributed by atoms with van der Waals surface area (Å²) < 4.78 is 24.4. The van der Waals surface area contributed by atoms with Crippen LogP contribution in [0.1, 0.15) is 44.0 Å². The lowest BCUT2D eigenvalue weighted by molar-refractivity contribution is 0.0825. The van der Waals surface area contributed by atoms with Crippen molar-refractivity contribution < 1.29 is 18.0 Å². The first-order valence-electron chi connectivity index (χ1n) is 8.58. The molecule has 0 radical (unpaired) electrons. The molecule has 0 aliphatic heterocycles. The number of Topliss-reactive ketones (excluding diaryl/α,β-unsaturated/α-hetero) is 1. The van der Waals surface area contributed by atoms with Crippen molar-refractivity contribution in [3.63, 3.8) is 0 Å². The van der Waals surface area contributed by atoms with Crippen molar-refractivity contribution in [2.24, 2.45) is 5.41 Å². The Hall–Kier alpha value is -1.93. The lowest BCUT2D eigenvalue weighted by atomic mass is 9.80. The Morgan fingerprint density at radius 3 is 2.23 bits per heavy atom. The molecule has 2 N–H and O–H groups in total. The number of ketones is 1. The zero-order valence-corrected chi connectivity index (χ0v) is 16.9. The minimum absolute atomic E-state index is 0.0844. The second-order valence-corrected chi connectivity index (χ2v) is 8.89. The number of carbonyl (C=O) groups excluding carboxylic acids is 2. The number of hydrogen-bond donors (Lipinski definition) is 2. The maximum absolute atomic E-state index is 12.5. The van der Waals surface area contributed by atoms with Gasteiger partial charge in [0.15, 0.2) is 5.78 Å². The number of benzene rings is 1. The second kappa shape index (κ2) is 9.14. The van der Waals surface area contributed by atoms with Gasteiger partial charge in [-0.05, 0) is 30.7 Å².